The summed E-state index contributed by atoms with van der Waals surface area (Å²) in [7, 11) is 3.95. The summed E-state index contributed by atoms with van der Waals surface area (Å²) in [4.78, 5) is 10.7. The average molecular weight is 193 g/mol. The van der Waals surface area contributed by atoms with Crippen molar-refractivity contribution in [1.82, 2.24) is 14.9 Å². The molecular weight excluding hydrogens is 178 g/mol. The molecule has 0 saturated heterocycles. The number of nitrogens with two attached hydrogens (primary N) is 1. The Kier molecular flexibility index (Phi) is 2.25. The van der Waals surface area contributed by atoms with E-state index in [1.807, 2.05) is 7.05 Å². The predicted octanol–water partition coefficient (Wildman–Crippen LogP) is 0.0884. The number of aromatic nitrogens is 2. The van der Waals surface area contributed by atoms with Gasteiger partial charge in [0.15, 0.2) is 0 Å². The van der Waals surface area contributed by atoms with Crippen molar-refractivity contribution in [3.8, 4) is 0 Å². The van der Waals surface area contributed by atoms with E-state index in [0.29, 0.717) is 5.95 Å². The minimum absolute atomic E-state index is 0.359. The van der Waals surface area contributed by atoms with Crippen LogP contribution in [0.4, 0.5) is 11.8 Å². The number of nitrogens with zero attached hydrogens (tertiary/aromatic N) is 3. The molecule has 0 radical (unpaired) electrons. The second kappa shape index (κ2) is 3.42. The topological polar surface area (TPSA) is 67.1 Å². The third-order valence-electron chi connectivity index (χ3n) is 2.51. The highest BCUT2D eigenvalue weighted by atomic mass is 15.1. The molecule has 0 fully saturated rings. The van der Waals surface area contributed by atoms with E-state index >= 15 is 0 Å². The van der Waals surface area contributed by atoms with E-state index in [-0.39, 0.29) is 0 Å². The summed E-state index contributed by atoms with van der Waals surface area (Å²) < 4.78 is 0. The highest BCUT2D eigenvalue weighted by Gasteiger charge is 2.18. The molecule has 1 aromatic heterocycles. The van der Waals surface area contributed by atoms with Gasteiger partial charge in [0.2, 0.25) is 5.95 Å². The van der Waals surface area contributed by atoms with Crippen molar-refractivity contribution >= 4 is 11.8 Å². The maximum absolute atomic E-state index is 5.62. The Morgan fingerprint density at radius 3 is 2.93 bits per heavy atom. The van der Waals surface area contributed by atoms with E-state index in [9.17, 15) is 0 Å². The fourth-order valence-electron chi connectivity index (χ4n) is 1.77. The van der Waals surface area contributed by atoms with Gasteiger partial charge in [0.05, 0.1) is 5.69 Å². The first-order valence-electron chi connectivity index (χ1n) is 4.72. The lowest BCUT2D eigenvalue weighted by Crippen LogP contribution is -2.28. The van der Waals surface area contributed by atoms with Crippen LogP contribution in [-0.4, -0.2) is 35.5 Å². The molecule has 2 rings (SSSR count). The fraction of sp³-hybridized carbons (Fsp3) is 0.556. The van der Waals surface area contributed by atoms with Crippen LogP contribution in [0.1, 0.15) is 11.3 Å². The molecule has 0 spiro atoms. The molecule has 0 amide bonds. The third kappa shape index (κ3) is 1.50. The van der Waals surface area contributed by atoms with Crippen LogP contribution in [-0.2, 0) is 13.0 Å². The van der Waals surface area contributed by atoms with Crippen molar-refractivity contribution in [1.29, 1.82) is 0 Å². The summed E-state index contributed by atoms with van der Waals surface area (Å²) in [6, 6.07) is 0. The molecule has 0 unspecified atom stereocenters. The monoisotopic (exact) mass is 193 g/mol. The number of likely N-dealkylation sites (N-methyl/N-ethyl adjacent to an activating group) is 1. The molecule has 76 valence electrons. The molecule has 0 atom stereocenters. The molecule has 0 aromatic carbocycles. The van der Waals surface area contributed by atoms with Crippen LogP contribution in [0, 0.1) is 0 Å². The van der Waals surface area contributed by atoms with E-state index in [1.54, 1.807) is 0 Å². The van der Waals surface area contributed by atoms with Crippen LogP contribution in [0.5, 0.6) is 0 Å². The summed E-state index contributed by atoms with van der Waals surface area (Å²) in [6.07, 6.45) is 0.952. The van der Waals surface area contributed by atoms with Crippen LogP contribution in [0.3, 0.4) is 0 Å². The zero-order valence-electron chi connectivity index (χ0n) is 8.54. The first kappa shape index (κ1) is 9.21. The fourth-order valence-corrected chi connectivity index (χ4v) is 1.77. The minimum Gasteiger partial charge on any atom is -0.373 e. The summed E-state index contributed by atoms with van der Waals surface area (Å²) in [5.74, 6) is 1.22. The number of rotatable bonds is 1. The lowest BCUT2D eigenvalue weighted by Gasteiger charge is -2.25. The van der Waals surface area contributed by atoms with Gasteiger partial charge in [0, 0.05) is 32.1 Å². The second-order valence-electron chi connectivity index (χ2n) is 3.59. The maximum atomic E-state index is 5.62. The van der Waals surface area contributed by atoms with Crippen LogP contribution in [0.15, 0.2) is 0 Å². The molecule has 14 heavy (non-hydrogen) atoms. The van der Waals surface area contributed by atoms with Gasteiger partial charge in [-0.2, -0.15) is 4.98 Å². The average Bonchev–Trinajstić information content (AvgIpc) is 2.17. The minimum atomic E-state index is 0.359. The summed E-state index contributed by atoms with van der Waals surface area (Å²) in [5.41, 5.74) is 7.88. The number of nitrogens with one attached hydrogen (secondary N) is 1. The van der Waals surface area contributed by atoms with E-state index in [0.717, 1.165) is 31.0 Å². The SMILES string of the molecule is CNc1nc(N)nc2c1CN(C)CC2. The van der Waals surface area contributed by atoms with Crippen LogP contribution < -0.4 is 11.1 Å². The van der Waals surface area contributed by atoms with Crippen molar-refractivity contribution in [2.45, 2.75) is 13.0 Å². The molecule has 1 aliphatic heterocycles. The molecule has 3 N–H and O–H groups in total. The largest absolute Gasteiger partial charge is 0.373 e. The lowest BCUT2D eigenvalue weighted by molar-refractivity contribution is 0.310. The first-order valence-corrected chi connectivity index (χ1v) is 4.72. The second-order valence-corrected chi connectivity index (χ2v) is 3.59. The highest BCUT2D eigenvalue weighted by Crippen LogP contribution is 2.22. The number of fused-ring (bicyclic) bond motifs is 1. The predicted molar refractivity (Wildman–Crippen MR) is 56.0 cm³/mol. The molecule has 5 heteroatoms. The Morgan fingerprint density at radius 2 is 2.21 bits per heavy atom. The smallest absolute Gasteiger partial charge is 0.222 e. The number of hydrogen-bond acceptors (Lipinski definition) is 5. The van der Waals surface area contributed by atoms with Gasteiger partial charge in [-0.3, -0.25) is 0 Å². The van der Waals surface area contributed by atoms with E-state index in [1.165, 1.54) is 5.56 Å². The van der Waals surface area contributed by atoms with Gasteiger partial charge in [0.25, 0.3) is 0 Å². The first-order chi connectivity index (χ1) is 6.70. The molecule has 0 aliphatic carbocycles. The molecule has 5 nitrogen and oxygen atoms in total. The molecule has 1 aromatic rings. The Morgan fingerprint density at radius 1 is 1.43 bits per heavy atom. The van der Waals surface area contributed by atoms with Crippen LogP contribution in [0.25, 0.3) is 0 Å². The van der Waals surface area contributed by atoms with Gasteiger partial charge in [-0.25, -0.2) is 4.98 Å². The van der Waals surface area contributed by atoms with Crippen molar-refractivity contribution in [2.24, 2.45) is 0 Å². The highest BCUT2D eigenvalue weighted by molar-refractivity contribution is 5.50. The van der Waals surface area contributed by atoms with Crippen molar-refractivity contribution in [3.05, 3.63) is 11.3 Å². The lowest BCUT2D eigenvalue weighted by atomic mass is 10.1. The van der Waals surface area contributed by atoms with Gasteiger partial charge < -0.3 is 16.0 Å². The van der Waals surface area contributed by atoms with E-state index in [2.05, 4.69) is 27.2 Å². The molecule has 2 heterocycles. The number of hydrogen-bond donors (Lipinski definition) is 2. The molecular formula is C9H15N5. The normalized spacial score (nSPS) is 16.4. The van der Waals surface area contributed by atoms with Crippen molar-refractivity contribution < 1.29 is 0 Å². The molecule has 1 aliphatic rings. The van der Waals surface area contributed by atoms with Crippen LogP contribution >= 0.6 is 0 Å². The molecule has 0 saturated carbocycles. The number of anilines is 2. The quantitative estimate of drug-likeness (QED) is 0.661. The van der Waals surface area contributed by atoms with Gasteiger partial charge in [0.1, 0.15) is 5.82 Å². The van der Waals surface area contributed by atoms with Gasteiger partial charge >= 0.3 is 0 Å². The van der Waals surface area contributed by atoms with E-state index < -0.39 is 0 Å². The standard InChI is InChI=1S/C9H15N5/c1-11-8-6-5-14(2)4-3-7(6)12-9(10)13-8/h3-5H2,1-2H3,(H3,10,11,12,13). The Hall–Kier alpha value is -1.36. The van der Waals surface area contributed by atoms with Gasteiger partial charge in [-0.15, -0.1) is 0 Å². The van der Waals surface area contributed by atoms with E-state index in [4.69, 9.17) is 5.73 Å². The summed E-state index contributed by atoms with van der Waals surface area (Å²) in [6.45, 7) is 1.93. The number of nitrogen functional groups attached to an aromatic ring is 1. The maximum Gasteiger partial charge on any atom is 0.222 e. The zero-order valence-corrected chi connectivity index (χ0v) is 8.54. The molecule has 0 bridgehead atoms. The Bertz CT molecular complexity index is 332. The van der Waals surface area contributed by atoms with Crippen molar-refractivity contribution in [3.63, 3.8) is 0 Å². The van der Waals surface area contributed by atoms with Crippen LogP contribution in [0.2, 0.25) is 0 Å². The van der Waals surface area contributed by atoms with Gasteiger partial charge in [-0.1, -0.05) is 0 Å². The third-order valence-corrected chi connectivity index (χ3v) is 2.51. The summed E-state index contributed by atoms with van der Waals surface area (Å²) in [5, 5.41) is 3.06. The van der Waals surface area contributed by atoms with Gasteiger partial charge in [-0.05, 0) is 7.05 Å². The zero-order chi connectivity index (χ0) is 10.1. The summed E-state index contributed by atoms with van der Waals surface area (Å²) >= 11 is 0. The Balaban J connectivity index is 2.47. The Labute approximate surface area is 83.3 Å². The van der Waals surface area contributed by atoms with Crippen molar-refractivity contribution in [2.75, 3.05) is 31.7 Å².